The van der Waals surface area contributed by atoms with Crippen molar-refractivity contribution in [2.24, 2.45) is 0 Å². The normalized spacial score (nSPS) is 10.8. The third-order valence-electron chi connectivity index (χ3n) is 0.788. The van der Waals surface area contributed by atoms with Gasteiger partial charge in [-0.2, -0.15) is 13.1 Å². The SMILES string of the molecule is C=CC(=O)OCCNS(=O)(=O)F. The highest BCUT2D eigenvalue weighted by Crippen LogP contribution is 1.83. The maximum Gasteiger partial charge on any atom is 0.372 e. The summed E-state index contributed by atoms with van der Waals surface area (Å²) in [4.78, 5) is 10.3. The molecular weight excluding hydrogens is 189 g/mol. The highest BCUT2D eigenvalue weighted by Gasteiger charge is 2.04. The van der Waals surface area contributed by atoms with E-state index in [0.29, 0.717) is 0 Å². The molecule has 0 aliphatic carbocycles. The van der Waals surface area contributed by atoms with Crippen LogP contribution < -0.4 is 4.72 Å². The van der Waals surface area contributed by atoms with Crippen molar-refractivity contribution in [1.82, 2.24) is 4.72 Å². The molecule has 0 spiro atoms. The first-order chi connectivity index (χ1) is 5.45. The van der Waals surface area contributed by atoms with Crippen molar-refractivity contribution in [3.63, 3.8) is 0 Å². The van der Waals surface area contributed by atoms with Crippen LogP contribution >= 0.6 is 0 Å². The summed E-state index contributed by atoms with van der Waals surface area (Å²) in [5, 5.41) is 0. The second kappa shape index (κ2) is 4.83. The first kappa shape index (κ1) is 11.1. The van der Waals surface area contributed by atoms with E-state index in [0.717, 1.165) is 6.08 Å². The van der Waals surface area contributed by atoms with Crippen molar-refractivity contribution in [3.05, 3.63) is 12.7 Å². The first-order valence-electron chi connectivity index (χ1n) is 2.94. The molecule has 0 heterocycles. The van der Waals surface area contributed by atoms with Crippen LogP contribution in [0.3, 0.4) is 0 Å². The summed E-state index contributed by atoms with van der Waals surface area (Å²) in [5.74, 6) is -0.687. The molecule has 0 aliphatic rings. The molecule has 0 amide bonds. The Kier molecular flexibility index (Phi) is 4.45. The Balaban J connectivity index is 3.47. The molecule has 70 valence electrons. The molecule has 1 N–H and O–H groups in total. The fraction of sp³-hybridized carbons (Fsp3) is 0.400. The van der Waals surface area contributed by atoms with Crippen LogP contribution in [0.15, 0.2) is 12.7 Å². The van der Waals surface area contributed by atoms with Gasteiger partial charge in [-0.15, -0.1) is 0 Å². The van der Waals surface area contributed by atoms with Crippen LogP contribution in [0.1, 0.15) is 0 Å². The average Bonchev–Trinajstić information content (AvgIpc) is 1.96. The zero-order chi connectivity index (χ0) is 9.61. The van der Waals surface area contributed by atoms with Gasteiger partial charge in [-0.05, 0) is 0 Å². The molecule has 12 heavy (non-hydrogen) atoms. The number of carbonyl (C=O) groups is 1. The molecule has 0 fully saturated rings. The number of nitrogens with one attached hydrogen (secondary N) is 1. The van der Waals surface area contributed by atoms with E-state index in [9.17, 15) is 17.1 Å². The van der Waals surface area contributed by atoms with Crippen LogP contribution in [0.2, 0.25) is 0 Å². The molecule has 0 rings (SSSR count). The van der Waals surface area contributed by atoms with Gasteiger partial charge in [0.15, 0.2) is 0 Å². The number of hydrogen-bond donors (Lipinski definition) is 1. The third kappa shape index (κ3) is 7.16. The van der Waals surface area contributed by atoms with E-state index >= 15 is 0 Å². The molecule has 0 atom stereocenters. The topological polar surface area (TPSA) is 72.5 Å². The van der Waals surface area contributed by atoms with Crippen molar-refractivity contribution in [3.8, 4) is 0 Å². The fourth-order valence-corrected chi connectivity index (χ4v) is 0.701. The van der Waals surface area contributed by atoms with Gasteiger partial charge >= 0.3 is 16.4 Å². The molecule has 0 aromatic rings. The summed E-state index contributed by atoms with van der Waals surface area (Å²) >= 11 is 0. The molecule has 0 saturated heterocycles. The molecule has 0 bridgehead atoms. The van der Waals surface area contributed by atoms with Gasteiger partial charge in [0, 0.05) is 12.6 Å². The second-order valence-corrected chi connectivity index (χ2v) is 2.87. The summed E-state index contributed by atoms with van der Waals surface area (Å²) in [6.07, 6.45) is 0.921. The highest BCUT2D eigenvalue weighted by atomic mass is 32.3. The van der Waals surface area contributed by atoms with Gasteiger partial charge in [0.1, 0.15) is 6.61 Å². The van der Waals surface area contributed by atoms with E-state index in [4.69, 9.17) is 0 Å². The predicted molar refractivity (Wildman–Crippen MR) is 39.2 cm³/mol. The number of esters is 1. The average molecular weight is 197 g/mol. The Bertz CT molecular complexity index is 261. The minimum Gasteiger partial charge on any atom is -0.461 e. The van der Waals surface area contributed by atoms with Crippen LogP contribution in [0.25, 0.3) is 0 Å². The van der Waals surface area contributed by atoms with Crippen LogP contribution in [0.5, 0.6) is 0 Å². The van der Waals surface area contributed by atoms with Gasteiger partial charge in [0.25, 0.3) is 0 Å². The van der Waals surface area contributed by atoms with E-state index in [-0.39, 0.29) is 13.2 Å². The largest absolute Gasteiger partial charge is 0.461 e. The maximum atomic E-state index is 11.7. The number of halogens is 1. The molecule has 0 radical (unpaired) electrons. The van der Waals surface area contributed by atoms with Crippen molar-refractivity contribution in [2.45, 2.75) is 0 Å². The molecule has 0 saturated carbocycles. The molecule has 0 aliphatic heterocycles. The number of ether oxygens (including phenoxy) is 1. The Morgan fingerprint density at radius 1 is 1.67 bits per heavy atom. The van der Waals surface area contributed by atoms with Crippen molar-refractivity contribution >= 4 is 16.4 Å². The standard InChI is InChI=1S/C5H8FNO4S/c1-2-5(8)11-4-3-7-12(6,9)10/h2,7H,1,3-4H2. The smallest absolute Gasteiger partial charge is 0.372 e. The number of carbonyl (C=O) groups excluding carboxylic acids is 1. The molecular formula is C5H8FNO4S. The molecule has 0 aromatic carbocycles. The summed E-state index contributed by atoms with van der Waals surface area (Å²) < 4.78 is 37.1. The Morgan fingerprint density at radius 2 is 2.25 bits per heavy atom. The Labute approximate surface area is 69.6 Å². The van der Waals surface area contributed by atoms with Crippen molar-refractivity contribution in [1.29, 1.82) is 0 Å². The number of rotatable bonds is 5. The summed E-state index contributed by atoms with van der Waals surface area (Å²) in [6.45, 7) is 2.58. The van der Waals surface area contributed by atoms with Crippen molar-refractivity contribution < 1.29 is 21.8 Å². The Hall–Kier alpha value is -0.950. The lowest BCUT2D eigenvalue weighted by Crippen LogP contribution is -2.24. The lowest BCUT2D eigenvalue weighted by atomic mass is 10.6. The van der Waals surface area contributed by atoms with Gasteiger partial charge in [0.05, 0.1) is 0 Å². The van der Waals surface area contributed by atoms with E-state index in [2.05, 4.69) is 11.3 Å². The van der Waals surface area contributed by atoms with Gasteiger partial charge in [0.2, 0.25) is 0 Å². The minimum atomic E-state index is -4.70. The van der Waals surface area contributed by atoms with Crippen LogP contribution in [-0.4, -0.2) is 27.5 Å². The predicted octanol–water partition coefficient (Wildman–Crippen LogP) is -0.480. The molecule has 0 unspecified atom stereocenters. The highest BCUT2D eigenvalue weighted by molar-refractivity contribution is 7.84. The van der Waals surface area contributed by atoms with E-state index in [1.807, 2.05) is 0 Å². The van der Waals surface area contributed by atoms with E-state index < -0.39 is 16.4 Å². The first-order valence-corrected chi connectivity index (χ1v) is 4.32. The second-order valence-electron chi connectivity index (χ2n) is 1.70. The van der Waals surface area contributed by atoms with E-state index in [1.165, 1.54) is 4.72 Å². The maximum absolute atomic E-state index is 11.7. The van der Waals surface area contributed by atoms with Crippen LogP contribution in [0, 0.1) is 0 Å². The fourth-order valence-electron chi connectivity index (χ4n) is 0.374. The zero-order valence-electron chi connectivity index (χ0n) is 6.12. The van der Waals surface area contributed by atoms with E-state index in [1.54, 1.807) is 0 Å². The van der Waals surface area contributed by atoms with Gasteiger partial charge in [-0.1, -0.05) is 10.5 Å². The van der Waals surface area contributed by atoms with Crippen LogP contribution in [-0.2, 0) is 19.9 Å². The zero-order valence-corrected chi connectivity index (χ0v) is 6.93. The lowest BCUT2D eigenvalue weighted by molar-refractivity contribution is -0.137. The molecule has 7 heteroatoms. The lowest BCUT2D eigenvalue weighted by Gasteiger charge is -1.99. The molecule has 5 nitrogen and oxygen atoms in total. The third-order valence-corrected chi connectivity index (χ3v) is 1.34. The number of hydrogen-bond acceptors (Lipinski definition) is 4. The monoisotopic (exact) mass is 197 g/mol. The summed E-state index contributed by atoms with van der Waals surface area (Å²) in [7, 11) is -4.70. The van der Waals surface area contributed by atoms with Crippen molar-refractivity contribution in [2.75, 3.05) is 13.2 Å². The van der Waals surface area contributed by atoms with Gasteiger partial charge in [-0.25, -0.2) is 4.79 Å². The van der Waals surface area contributed by atoms with Crippen LogP contribution in [0.4, 0.5) is 3.89 Å². The Morgan fingerprint density at radius 3 is 2.67 bits per heavy atom. The summed E-state index contributed by atoms with van der Waals surface area (Å²) in [5.41, 5.74) is 0. The van der Waals surface area contributed by atoms with Gasteiger partial charge in [-0.3, -0.25) is 0 Å². The van der Waals surface area contributed by atoms with Gasteiger partial charge < -0.3 is 4.74 Å². The minimum absolute atomic E-state index is 0.228. The molecule has 0 aromatic heterocycles. The summed E-state index contributed by atoms with van der Waals surface area (Å²) in [6, 6.07) is 0. The quantitative estimate of drug-likeness (QED) is 0.279.